The van der Waals surface area contributed by atoms with Gasteiger partial charge in [0, 0.05) is 0 Å². The minimum atomic E-state index is -0.345. The van der Waals surface area contributed by atoms with Crippen LogP contribution in [0.1, 0.15) is 60.3 Å². The lowest BCUT2D eigenvalue weighted by atomic mass is 9.88. The molecule has 0 aromatic heterocycles. The first kappa shape index (κ1) is 18.0. The van der Waals surface area contributed by atoms with Gasteiger partial charge >= 0.3 is 0 Å². The molecule has 1 N–H and O–H groups in total. The van der Waals surface area contributed by atoms with E-state index in [2.05, 4.69) is 58.9 Å². The first-order valence-electron chi connectivity index (χ1n) is 8.24. The van der Waals surface area contributed by atoms with Gasteiger partial charge in [-0.2, -0.15) is 0 Å². The van der Waals surface area contributed by atoms with E-state index in [9.17, 15) is 5.11 Å². The normalized spacial score (nSPS) is 30.9. The Bertz CT molecular complexity index is 435. The number of aliphatic hydroxyl groups is 1. The number of aliphatic hydroxyl groups excluding tert-OH is 1. The van der Waals surface area contributed by atoms with E-state index in [0.717, 1.165) is 25.7 Å². The highest BCUT2D eigenvalue weighted by Crippen LogP contribution is 2.23. The predicted octanol–water partition coefficient (Wildman–Crippen LogP) is 5.59. The summed E-state index contributed by atoms with van der Waals surface area (Å²) >= 11 is 0. The van der Waals surface area contributed by atoms with Gasteiger partial charge in [0.25, 0.3) is 0 Å². The van der Waals surface area contributed by atoms with E-state index in [1.54, 1.807) is 0 Å². The fourth-order valence-electron chi connectivity index (χ4n) is 2.72. The van der Waals surface area contributed by atoms with Crippen LogP contribution in [0.2, 0.25) is 0 Å². The van der Waals surface area contributed by atoms with Crippen molar-refractivity contribution in [1.29, 1.82) is 0 Å². The van der Waals surface area contributed by atoms with Crippen molar-refractivity contribution < 1.29 is 5.11 Å². The van der Waals surface area contributed by atoms with Crippen LogP contribution in [0.4, 0.5) is 0 Å². The number of allylic oxidation sites excluding steroid dienone is 6. The van der Waals surface area contributed by atoms with Crippen molar-refractivity contribution in [3.63, 3.8) is 0 Å². The van der Waals surface area contributed by atoms with E-state index in [1.165, 1.54) is 16.7 Å². The van der Waals surface area contributed by atoms with Gasteiger partial charge in [-0.05, 0) is 58.3 Å². The molecule has 1 aliphatic rings. The van der Waals surface area contributed by atoms with Gasteiger partial charge in [0.15, 0.2) is 0 Å². The van der Waals surface area contributed by atoms with E-state index >= 15 is 0 Å². The van der Waals surface area contributed by atoms with Crippen LogP contribution in [0.3, 0.4) is 0 Å². The predicted molar refractivity (Wildman–Crippen MR) is 93.2 cm³/mol. The molecular weight excluding hydrogens is 256 g/mol. The highest BCUT2D eigenvalue weighted by molar-refractivity contribution is 5.19. The van der Waals surface area contributed by atoms with Crippen LogP contribution in [0.15, 0.2) is 47.1 Å². The van der Waals surface area contributed by atoms with Crippen molar-refractivity contribution in [3.05, 3.63) is 47.1 Å². The zero-order valence-electron chi connectivity index (χ0n) is 14.4. The molecule has 0 saturated carbocycles. The van der Waals surface area contributed by atoms with Crippen LogP contribution in [-0.4, -0.2) is 11.2 Å². The molecule has 0 heterocycles. The van der Waals surface area contributed by atoms with Crippen LogP contribution in [0.25, 0.3) is 0 Å². The Labute approximate surface area is 131 Å². The van der Waals surface area contributed by atoms with Crippen molar-refractivity contribution in [2.24, 2.45) is 11.8 Å². The minimum absolute atomic E-state index is 0.345. The van der Waals surface area contributed by atoms with E-state index in [-0.39, 0.29) is 6.10 Å². The third-order valence-electron chi connectivity index (χ3n) is 4.25. The van der Waals surface area contributed by atoms with Crippen molar-refractivity contribution in [1.82, 2.24) is 0 Å². The van der Waals surface area contributed by atoms with Crippen LogP contribution in [0.5, 0.6) is 0 Å². The second-order valence-electron chi connectivity index (χ2n) is 6.82. The van der Waals surface area contributed by atoms with Gasteiger partial charge in [-0.15, -0.1) is 0 Å². The fourth-order valence-corrected chi connectivity index (χ4v) is 2.72. The number of rotatable bonds is 1. The maximum Gasteiger partial charge on any atom is 0.0760 e. The molecule has 0 fully saturated rings. The molecule has 0 amide bonds. The maximum absolute atomic E-state index is 10.1. The first-order valence-corrected chi connectivity index (χ1v) is 8.24. The molecule has 0 aromatic carbocycles. The van der Waals surface area contributed by atoms with Gasteiger partial charge in [-0.25, -0.2) is 0 Å². The molecule has 0 spiro atoms. The Morgan fingerprint density at radius 3 is 2.48 bits per heavy atom. The quantitative estimate of drug-likeness (QED) is 0.624. The summed E-state index contributed by atoms with van der Waals surface area (Å²) in [4.78, 5) is 0. The molecule has 1 aliphatic carbocycles. The van der Waals surface area contributed by atoms with Gasteiger partial charge < -0.3 is 5.11 Å². The highest BCUT2D eigenvalue weighted by atomic mass is 16.3. The molecule has 0 unspecified atom stereocenters. The minimum Gasteiger partial charge on any atom is -0.389 e. The van der Waals surface area contributed by atoms with E-state index in [4.69, 9.17) is 0 Å². The average Bonchev–Trinajstić information content (AvgIpc) is 2.36. The summed E-state index contributed by atoms with van der Waals surface area (Å²) in [7, 11) is 0. The highest BCUT2D eigenvalue weighted by Gasteiger charge is 2.11. The molecule has 0 saturated heterocycles. The largest absolute Gasteiger partial charge is 0.389 e. The second-order valence-corrected chi connectivity index (χ2v) is 6.82. The second kappa shape index (κ2) is 9.04. The van der Waals surface area contributed by atoms with Gasteiger partial charge in [-0.1, -0.05) is 60.9 Å². The van der Waals surface area contributed by atoms with Crippen molar-refractivity contribution in [2.45, 2.75) is 66.4 Å². The van der Waals surface area contributed by atoms with E-state index in [1.807, 2.05) is 6.08 Å². The summed E-state index contributed by atoms with van der Waals surface area (Å²) in [5, 5.41) is 10.1. The zero-order chi connectivity index (χ0) is 15.8. The van der Waals surface area contributed by atoms with E-state index < -0.39 is 0 Å². The molecule has 1 nitrogen and oxygen atoms in total. The summed E-state index contributed by atoms with van der Waals surface area (Å²) in [6, 6.07) is 0. The molecule has 0 radical (unpaired) electrons. The summed E-state index contributed by atoms with van der Waals surface area (Å²) in [6.07, 6.45) is 14.7. The van der Waals surface area contributed by atoms with Crippen molar-refractivity contribution >= 4 is 0 Å². The Morgan fingerprint density at radius 1 is 1.10 bits per heavy atom. The Kier molecular flexibility index (Phi) is 7.74. The number of hydrogen-bond donors (Lipinski definition) is 1. The monoisotopic (exact) mass is 288 g/mol. The summed E-state index contributed by atoms with van der Waals surface area (Å²) in [5.41, 5.74) is 3.89. The molecule has 0 aliphatic heterocycles. The zero-order valence-corrected chi connectivity index (χ0v) is 14.4. The molecule has 118 valence electrons. The molecule has 21 heavy (non-hydrogen) atoms. The fraction of sp³-hybridized carbons (Fsp3) is 0.600. The summed E-state index contributed by atoms with van der Waals surface area (Å²) in [6.45, 7) is 11.0. The molecule has 0 bridgehead atoms. The Hall–Kier alpha value is -1.08. The van der Waals surface area contributed by atoms with Crippen LogP contribution in [0, 0.1) is 11.8 Å². The standard InChI is InChI=1S/C20H32O/c1-15(2)19-11-9-16(3)7-6-8-17(4)13-20(21)14-18(5)10-12-19/h7-9,11,14-15,19-21H,6,10,12-13H2,1-5H3/b11-9?,16-7?,17-8-,18-14-/t19-,20+/m0/s1. The van der Waals surface area contributed by atoms with Crippen LogP contribution in [-0.2, 0) is 0 Å². The third-order valence-corrected chi connectivity index (χ3v) is 4.25. The SMILES string of the molecule is CC1=CC/C=C(/C)C[C@@H](O)/C=C(/C)CC[C@@H](C(C)C)C=C1. The van der Waals surface area contributed by atoms with E-state index in [0.29, 0.717) is 11.8 Å². The smallest absolute Gasteiger partial charge is 0.0760 e. The van der Waals surface area contributed by atoms with Crippen molar-refractivity contribution in [3.8, 4) is 0 Å². The molecule has 0 aromatic rings. The molecule has 2 atom stereocenters. The van der Waals surface area contributed by atoms with Gasteiger partial charge in [0.1, 0.15) is 0 Å². The number of hydrogen-bond acceptors (Lipinski definition) is 1. The van der Waals surface area contributed by atoms with Crippen LogP contribution >= 0.6 is 0 Å². The molecular formula is C20H32O. The van der Waals surface area contributed by atoms with Gasteiger partial charge in [0.2, 0.25) is 0 Å². The third kappa shape index (κ3) is 7.47. The van der Waals surface area contributed by atoms with Gasteiger partial charge in [-0.3, -0.25) is 0 Å². The summed E-state index contributed by atoms with van der Waals surface area (Å²) < 4.78 is 0. The summed E-state index contributed by atoms with van der Waals surface area (Å²) in [5.74, 6) is 1.26. The average molecular weight is 288 g/mol. The van der Waals surface area contributed by atoms with Gasteiger partial charge in [0.05, 0.1) is 6.10 Å². The maximum atomic E-state index is 10.1. The Morgan fingerprint density at radius 2 is 1.81 bits per heavy atom. The van der Waals surface area contributed by atoms with Crippen molar-refractivity contribution in [2.75, 3.05) is 0 Å². The lowest BCUT2D eigenvalue weighted by Gasteiger charge is -2.18. The Balaban J connectivity index is 2.94. The van der Waals surface area contributed by atoms with Crippen LogP contribution < -0.4 is 0 Å². The lowest BCUT2D eigenvalue weighted by molar-refractivity contribution is 0.222. The molecule has 1 heteroatoms. The lowest BCUT2D eigenvalue weighted by Crippen LogP contribution is -2.07. The first-order chi connectivity index (χ1) is 9.88. The topological polar surface area (TPSA) is 20.2 Å². The molecule has 1 rings (SSSR count).